The number of ether oxygens (including phenoxy) is 1. The molecule has 2 rings (SSSR count). The SMILES string of the molecule is O=C(COc1ccccc1)CC1CCC1. The third-order valence-corrected chi connectivity index (χ3v) is 2.88. The number of rotatable bonds is 5. The Hall–Kier alpha value is -1.31. The molecule has 0 aromatic heterocycles. The predicted octanol–water partition coefficient (Wildman–Crippen LogP) is 2.82. The molecule has 80 valence electrons. The Balaban J connectivity index is 1.71. The Kier molecular flexibility index (Phi) is 3.38. The number of Topliss-reactive ketones (excluding diaryl/α,β-unsaturated/α-hetero) is 1. The maximum atomic E-state index is 11.5. The Morgan fingerprint density at radius 2 is 2.00 bits per heavy atom. The molecule has 1 fully saturated rings. The van der Waals surface area contributed by atoms with Crippen molar-refractivity contribution in [1.29, 1.82) is 0 Å². The summed E-state index contributed by atoms with van der Waals surface area (Å²) >= 11 is 0. The molecule has 0 atom stereocenters. The summed E-state index contributed by atoms with van der Waals surface area (Å²) in [6.45, 7) is 0.223. The molecule has 1 aromatic carbocycles. The second-order valence-corrected chi connectivity index (χ2v) is 4.14. The Bertz CT molecular complexity index is 315. The van der Waals surface area contributed by atoms with E-state index in [-0.39, 0.29) is 12.4 Å². The lowest BCUT2D eigenvalue weighted by Crippen LogP contribution is -2.20. The van der Waals surface area contributed by atoms with Crippen LogP contribution in [-0.4, -0.2) is 12.4 Å². The topological polar surface area (TPSA) is 26.3 Å². The van der Waals surface area contributed by atoms with Crippen molar-refractivity contribution in [1.82, 2.24) is 0 Å². The highest BCUT2D eigenvalue weighted by Gasteiger charge is 2.20. The fourth-order valence-corrected chi connectivity index (χ4v) is 1.76. The molecule has 15 heavy (non-hydrogen) atoms. The minimum atomic E-state index is 0.223. The summed E-state index contributed by atoms with van der Waals surface area (Å²) in [6, 6.07) is 9.49. The molecule has 0 N–H and O–H groups in total. The number of benzene rings is 1. The Labute approximate surface area is 90.3 Å². The number of ketones is 1. The first kappa shape index (κ1) is 10.2. The van der Waals surface area contributed by atoms with E-state index in [1.54, 1.807) is 0 Å². The summed E-state index contributed by atoms with van der Waals surface area (Å²) in [4.78, 5) is 11.5. The first-order valence-corrected chi connectivity index (χ1v) is 5.54. The van der Waals surface area contributed by atoms with E-state index in [4.69, 9.17) is 4.74 Å². The van der Waals surface area contributed by atoms with Crippen LogP contribution >= 0.6 is 0 Å². The van der Waals surface area contributed by atoms with Crippen molar-refractivity contribution in [2.24, 2.45) is 5.92 Å². The van der Waals surface area contributed by atoms with Crippen LogP contribution in [0.3, 0.4) is 0 Å². The molecular weight excluding hydrogens is 188 g/mol. The highest BCUT2D eigenvalue weighted by Crippen LogP contribution is 2.29. The smallest absolute Gasteiger partial charge is 0.170 e. The lowest BCUT2D eigenvalue weighted by atomic mass is 9.82. The van der Waals surface area contributed by atoms with Gasteiger partial charge in [-0.25, -0.2) is 0 Å². The van der Waals surface area contributed by atoms with Gasteiger partial charge in [0.1, 0.15) is 12.4 Å². The number of hydrogen-bond donors (Lipinski definition) is 0. The van der Waals surface area contributed by atoms with Gasteiger partial charge in [0.2, 0.25) is 0 Å². The zero-order valence-corrected chi connectivity index (χ0v) is 8.82. The van der Waals surface area contributed by atoms with Crippen molar-refractivity contribution in [3.05, 3.63) is 30.3 Å². The summed E-state index contributed by atoms with van der Waals surface area (Å²) in [5.74, 6) is 1.64. The van der Waals surface area contributed by atoms with Gasteiger partial charge in [-0.15, -0.1) is 0 Å². The highest BCUT2D eigenvalue weighted by atomic mass is 16.5. The van der Waals surface area contributed by atoms with Gasteiger partial charge in [-0.1, -0.05) is 37.5 Å². The molecule has 0 saturated heterocycles. The summed E-state index contributed by atoms with van der Waals surface area (Å²) < 4.78 is 5.39. The molecule has 1 saturated carbocycles. The van der Waals surface area contributed by atoms with Crippen molar-refractivity contribution in [3.63, 3.8) is 0 Å². The summed E-state index contributed by atoms with van der Waals surface area (Å²) in [5, 5.41) is 0. The third-order valence-electron chi connectivity index (χ3n) is 2.88. The normalized spacial score (nSPS) is 15.7. The van der Waals surface area contributed by atoms with Crippen LogP contribution in [0.1, 0.15) is 25.7 Å². The largest absolute Gasteiger partial charge is 0.486 e. The van der Waals surface area contributed by atoms with Gasteiger partial charge in [-0.3, -0.25) is 4.79 Å². The monoisotopic (exact) mass is 204 g/mol. The fourth-order valence-electron chi connectivity index (χ4n) is 1.76. The lowest BCUT2D eigenvalue weighted by molar-refractivity contribution is -0.122. The van der Waals surface area contributed by atoms with Gasteiger partial charge in [0.15, 0.2) is 5.78 Å². The van der Waals surface area contributed by atoms with E-state index in [0.717, 1.165) is 5.75 Å². The van der Waals surface area contributed by atoms with Crippen LogP contribution in [0.25, 0.3) is 0 Å². The van der Waals surface area contributed by atoms with E-state index in [0.29, 0.717) is 12.3 Å². The molecule has 0 spiro atoms. The van der Waals surface area contributed by atoms with Crippen molar-refractivity contribution < 1.29 is 9.53 Å². The van der Waals surface area contributed by atoms with E-state index in [1.807, 2.05) is 30.3 Å². The predicted molar refractivity (Wildman–Crippen MR) is 58.9 cm³/mol. The standard InChI is InChI=1S/C13H16O2/c14-12(9-11-5-4-6-11)10-15-13-7-2-1-3-8-13/h1-3,7-8,11H,4-6,9-10H2. The molecule has 0 aliphatic heterocycles. The second-order valence-electron chi connectivity index (χ2n) is 4.14. The van der Waals surface area contributed by atoms with Gasteiger partial charge in [0.25, 0.3) is 0 Å². The van der Waals surface area contributed by atoms with Crippen LogP contribution < -0.4 is 4.74 Å². The maximum absolute atomic E-state index is 11.5. The van der Waals surface area contributed by atoms with E-state index in [1.165, 1.54) is 19.3 Å². The van der Waals surface area contributed by atoms with Crippen LogP contribution in [0.4, 0.5) is 0 Å². The molecule has 0 amide bonds. The molecule has 0 heterocycles. The van der Waals surface area contributed by atoms with Gasteiger partial charge in [0.05, 0.1) is 0 Å². The van der Waals surface area contributed by atoms with E-state index in [2.05, 4.69) is 0 Å². The number of carbonyl (C=O) groups excluding carboxylic acids is 1. The molecule has 2 heteroatoms. The van der Waals surface area contributed by atoms with Gasteiger partial charge in [0, 0.05) is 6.42 Å². The van der Waals surface area contributed by atoms with Gasteiger partial charge < -0.3 is 4.74 Å². The molecule has 1 aromatic rings. The number of carbonyl (C=O) groups is 1. The molecule has 0 bridgehead atoms. The van der Waals surface area contributed by atoms with Crippen LogP contribution in [0.5, 0.6) is 5.75 Å². The lowest BCUT2D eigenvalue weighted by Gasteiger charge is -2.24. The third kappa shape index (κ3) is 3.08. The summed E-state index contributed by atoms with van der Waals surface area (Å²) in [5.41, 5.74) is 0. The average Bonchev–Trinajstić information content (AvgIpc) is 2.22. The van der Waals surface area contributed by atoms with Crippen LogP contribution in [0, 0.1) is 5.92 Å². The van der Waals surface area contributed by atoms with E-state index >= 15 is 0 Å². The zero-order valence-electron chi connectivity index (χ0n) is 8.82. The van der Waals surface area contributed by atoms with E-state index in [9.17, 15) is 4.79 Å². The molecule has 2 nitrogen and oxygen atoms in total. The molecular formula is C13H16O2. The van der Waals surface area contributed by atoms with Crippen molar-refractivity contribution >= 4 is 5.78 Å². The van der Waals surface area contributed by atoms with Crippen LogP contribution in [0.2, 0.25) is 0 Å². The van der Waals surface area contributed by atoms with Crippen molar-refractivity contribution in [3.8, 4) is 5.75 Å². The zero-order chi connectivity index (χ0) is 10.5. The van der Waals surface area contributed by atoms with Gasteiger partial charge >= 0.3 is 0 Å². The van der Waals surface area contributed by atoms with Crippen LogP contribution in [-0.2, 0) is 4.79 Å². The number of hydrogen-bond acceptors (Lipinski definition) is 2. The first-order chi connectivity index (χ1) is 7.34. The minimum absolute atomic E-state index is 0.223. The minimum Gasteiger partial charge on any atom is -0.486 e. The van der Waals surface area contributed by atoms with Crippen LogP contribution in [0.15, 0.2) is 30.3 Å². The van der Waals surface area contributed by atoms with Crippen molar-refractivity contribution in [2.45, 2.75) is 25.7 Å². The Morgan fingerprint density at radius 3 is 2.60 bits per heavy atom. The molecule has 0 radical (unpaired) electrons. The van der Waals surface area contributed by atoms with Crippen molar-refractivity contribution in [2.75, 3.05) is 6.61 Å². The fraction of sp³-hybridized carbons (Fsp3) is 0.462. The highest BCUT2D eigenvalue weighted by molar-refractivity contribution is 5.80. The van der Waals surface area contributed by atoms with Gasteiger partial charge in [-0.2, -0.15) is 0 Å². The molecule has 0 unspecified atom stereocenters. The average molecular weight is 204 g/mol. The summed E-state index contributed by atoms with van der Waals surface area (Å²) in [7, 11) is 0. The number of para-hydroxylation sites is 1. The maximum Gasteiger partial charge on any atom is 0.170 e. The first-order valence-electron chi connectivity index (χ1n) is 5.54. The molecule has 1 aliphatic carbocycles. The quantitative estimate of drug-likeness (QED) is 0.737. The Morgan fingerprint density at radius 1 is 1.27 bits per heavy atom. The van der Waals surface area contributed by atoms with E-state index < -0.39 is 0 Å². The van der Waals surface area contributed by atoms with Gasteiger partial charge in [-0.05, 0) is 18.1 Å². The second kappa shape index (κ2) is 4.96. The summed E-state index contributed by atoms with van der Waals surface area (Å²) in [6.07, 6.45) is 4.43. The molecule has 1 aliphatic rings.